The fraction of sp³-hybridized carbons (Fsp3) is 0.500. The largest absolute Gasteiger partial charge is 0.501 e. The maximum Gasteiger partial charge on any atom is 0.252 e. The van der Waals surface area contributed by atoms with Crippen molar-refractivity contribution in [2.24, 2.45) is 5.92 Å². The molecule has 0 bridgehead atoms. The lowest BCUT2D eigenvalue weighted by Crippen LogP contribution is -2.45. The number of hydrogen-bond donors (Lipinski definition) is 1. The van der Waals surface area contributed by atoms with Gasteiger partial charge in [-0.25, -0.2) is 0 Å². The number of nitrogens with zero attached hydrogens (tertiary/aromatic N) is 1. The summed E-state index contributed by atoms with van der Waals surface area (Å²) in [7, 11) is 0. The Morgan fingerprint density at radius 3 is 2.82 bits per heavy atom. The maximum atomic E-state index is 12.6. The minimum absolute atomic E-state index is 0.0738. The van der Waals surface area contributed by atoms with E-state index in [-0.39, 0.29) is 18.4 Å². The van der Waals surface area contributed by atoms with Crippen LogP contribution in [0.25, 0.3) is 0 Å². The third kappa shape index (κ3) is 3.17. The average molecular weight is 301 g/mol. The molecule has 0 aromatic heterocycles. The molecular weight excluding hydrogens is 278 g/mol. The highest BCUT2D eigenvalue weighted by molar-refractivity contribution is 5.93. The molecule has 1 saturated heterocycles. The van der Waals surface area contributed by atoms with E-state index in [2.05, 4.69) is 12.1 Å². The fourth-order valence-corrected chi connectivity index (χ4v) is 3.47. The zero-order chi connectivity index (χ0) is 15.4. The quantitative estimate of drug-likeness (QED) is 0.932. The maximum absolute atomic E-state index is 12.6. The number of carbonyl (C=O) groups excluding carboxylic acids is 1. The molecule has 1 aromatic carbocycles. The molecule has 0 saturated carbocycles. The normalized spacial score (nSPS) is 25.3. The first-order valence-corrected chi connectivity index (χ1v) is 8.05. The van der Waals surface area contributed by atoms with Gasteiger partial charge in [0.15, 0.2) is 0 Å². The predicted octanol–water partition coefficient (Wildman–Crippen LogP) is 2.31. The van der Waals surface area contributed by atoms with E-state index in [0.717, 1.165) is 31.4 Å². The zero-order valence-electron chi connectivity index (χ0n) is 12.8. The summed E-state index contributed by atoms with van der Waals surface area (Å²) in [6.07, 6.45) is 4.21. The second kappa shape index (κ2) is 6.97. The molecule has 2 aliphatic heterocycles. The van der Waals surface area contributed by atoms with Crippen LogP contribution >= 0.6 is 0 Å². The second-order valence-corrected chi connectivity index (χ2v) is 6.12. The molecule has 0 radical (unpaired) electrons. The van der Waals surface area contributed by atoms with Gasteiger partial charge >= 0.3 is 0 Å². The van der Waals surface area contributed by atoms with E-state index in [0.29, 0.717) is 19.1 Å². The van der Waals surface area contributed by atoms with Gasteiger partial charge in [0.05, 0.1) is 18.4 Å². The molecule has 1 aromatic rings. The minimum Gasteiger partial charge on any atom is -0.501 e. The van der Waals surface area contributed by atoms with E-state index >= 15 is 0 Å². The number of aliphatic hydroxyl groups is 1. The smallest absolute Gasteiger partial charge is 0.252 e. The van der Waals surface area contributed by atoms with E-state index in [1.54, 1.807) is 6.26 Å². The van der Waals surface area contributed by atoms with Crippen molar-refractivity contribution in [3.05, 3.63) is 47.7 Å². The van der Waals surface area contributed by atoms with Gasteiger partial charge in [0.2, 0.25) is 0 Å². The van der Waals surface area contributed by atoms with Crippen LogP contribution in [0.1, 0.15) is 30.7 Å². The lowest BCUT2D eigenvalue weighted by molar-refractivity contribution is -0.130. The first-order valence-electron chi connectivity index (χ1n) is 8.05. The van der Waals surface area contributed by atoms with Crippen LogP contribution in [-0.4, -0.2) is 42.2 Å². The van der Waals surface area contributed by atoms with Crippen LogP contribution in [0.2, 0.25) is 0 Å². The molecule has 22 heavy (non-hydrogen) atoms. The molecule has 4 nitrogen and oxygen atoms in total. The number of aliphatic hydroxyl groups excluding tert-OH is 1. The van der Waals surface area contributed by atoms with E-state index in [1.807, 2.05) is 23.1 Å². The first kappa shape index (κ1) is 15.1. The molecule has 2 aliphatic rings. The Labute approximate surface area is 131 Å². The number of likely N-dealkylation sites (tertiary alicyclic amines) is 1. The second-order valence-electron chi connectivity index (χ2n) is 6.12. The van der Waals surface area contributed by atoms with Crippen molar-refractivity contribution in [2.45, 2.75) is 25.2 Å². The SMILES string of the molecule is O=C(C1=COCCC1)N1CC[C@@H](c2ccccc2)[C@@H](CO)C1. The predicted molar refractivity (Wildman–Crippen MR) is 84.2 cm³/mol. The molecule has 2 heterocycles. The molecule has 1 amide bonds. The molecule has 0 unspecified atom stereocenters. The third-order valence-electron chi connectivity index (χ3n) is 4.69. The molecule has 2 atom stereocenters. The van der Waals surface area contributed by atoms with Crippen LogP contribution in [0.15, 0.2) is 42.2 Å². The number of benzene rings is 1. The summed E-state index contributed by atoms with van der Waals surface area (Å²) in [6, 6.07) is 10.3. The monoisotopic (exact) mass is 301 g/mol. The highest BCUT2D eigenvalue weighted by Crippen LogP contribution is 2.33. The van der Waals surface area contributed by atoms with Gasteiger partial charge in [-0.3, -0.25) is 4.79 Å². The van der Waals surface area contributed by atoms with Crippen LogP contribution in [0.5, 0.6) is 0 Å². The molecule has 3 rings (SSSR count). The Kier molecular flexibility index (Phi) is 4.78. The van der Waals surface area contributed by atoms with E-state index < -0.39 is 0 Å². The number of carbonyl (C=O) groups is 1. The molecule has 1 N–H and O–H groups in total. The van der Waals surface area contributed by atoms with Crippen LogP contribution < -0.4 is 0 Å². The van der Waals surface area contributed by atoms with Crippen LogP contribution in [0.3, 0.4) is 0 Å². The molecular formula is C18H23NO3. The van der Waals surface area contributed by atoms with Crippen molar-refractivity contribution in [2.75, 3.05) is 26.3 Å². The van der Waals surface area contributed by atoms with E-state index in [4.69, 9.17) is 4.74 Å². The number of piperidine rings is 1. The van der Waals surface area contributed by atoms with Crippen molar-refractivity contribution < 1.29 is 14.6 Å². The Balaban J connectivity index is 1.69. The summed E-state index contributed by atoms with van der Waals surface area (Å²) in [5.74, 6) is 0.502. The van der Waals surface area contributed by atoms with Gasteiger partial charge in [0.1, 0.15) is 0 Å². The fourth-order valence-electron chi connectivity index (χ4n) is 3.47. The van der Waals surface area contributed by atoms with Gasteiger partial charge < -0.3 is 14.7 Å². The molecule has 0 spiro atoms. The lowest BCUT2D eigenvalue weighted by atomic mass is 9.80. The first-order chi connectivity index (χ1) is 10.8. The van der Waals surface area contributed by atoms with Gasteiger partial charge in [-0.15, -0.1) is 0 Å². The summed E-state index contributed by atoms with van der Waals surface area (Å²) in [5, 5.41) is 9.76. The van der Waals surface area contributed by atoms with Crippen molar-refractivity contribution in [1.82, 2.24) is 4.90 Å². The Hall–Kier alpha value is -1.81. The van der Waals surface area contributed by atoms with E-state index in [9.17, 15) is 9.90 Å². The van der Waals surface area contributed by atoms with Crippen LogP contribution in [-0.2, 0) is 9.53 Å². The molecule has 118 valence electrons. The van der Waals surface area contributed by atoms with Gasteiger partial charge in [0, 0.05) is 25.6 Å². The Morgan fingerprint density at radius 1 is 1.32 bits per heavy atom. The van der Waals surface area contributed by atoms with Crippen LogP contribution in [0.4, 0.5) is 0 Å². The average Bonchev–Trinajstić information content (AvgIpc) is 2.62. The van der Waals surface area contributed by atoms with Crippen molar-refractivity contribution >= 4 is 5.91 Å². The Bertz CT molecular complexity index is 541. The highest BCUT2D eigenvalue weighted by atomic mass is 16.5. The van der Waals surface area contributed by atoms with Gasteiger partial charge in [-0.05, 0) is 30.7 Å². The number of rotatable bonds is 3. The number of hydrogen-bond acceptors (Lipinski definition) is 3. The zero-order valence-corrected chi connectivity index (χ0v) is 12.8. The molecule has 4 heteroatoms. The standard InChI is InChI=1S/C18H23NO3/c20-12-16-11-19(18(21)15-7-4-10-22-13-15)9-8-17(16)14-5-2-1-3-6-14/h1-3,5-6,13,16-17,20H,4,7-12H2/t16-,17+/m1/s1. The molecule has 0 aliphatic carbocycles. The summed E-state index contributed by atoms with van der Waals surface area (Å²) in [4.78, 5) is 14.4. The topological polar surface area (TPSA) is 49.8 Å². The van der Waals surface area contributed by atoms with Crippen molar-refractivity contribution in [3.8, 4) is 0 Å². The Morgan fingerprint density at radius 2 is 2.14 bits per heavy atom. The molecule has 1 fully saturated rings. The van der Waals surface area contributed by atoms with Gasteiger partial charge in [0.25, 0.3) is 5.91 Å². The van der Waals surface area contributed by atoms with Crippen molar-refractivity contribution in [3.63, 3.8) is 0 Å². The summed E-state index contributed by atoms with van der Waals surface area (Å²) in [5.41, 5.74) is 2.02. The highest BCUT2D eigenvalue weighted by Gasteiger charge is 2.33. The van der Waals surface area contributed by atoms with Crippen molar-refractivity contribution in [1.29, 1.82) is 0 Å². The van der Waals surface area contributed by atoms with E-state index in [1.165, 1.54) is 5.56 Å². The number of ether oxygens (including phenoxy) is 1. The lowest BCUT2D eigenvalue weighted by Gasteiger charge is -2.38. The summed E-state index contributed by atoms with van der Waals surface area (Å²) >= 11 is 0. The summed E-state index contributed by atoms with van der Waals surface area (Å²) in [6.45, 7) is 2.17. The summed E-state index contributed by atoms with van der Waals surface area (Å²) < 4.78 is 5.28. The van der Waals surface area contributed by atoms with Gasteiger partial charge in [-0.2, -0.15) is 0 Å². The van der Waals surface area contributed by atoms with Crippen LogP contribution in [0, 0.1) is 5.92 Å². The van der Waals surface area contributed by atoms with Gasteiger partial charge in [-0.1, -0.05) is 30.3 Å². The number of amides is 1. The minimum atomic E-state index is 0.0738. The third-order valence-corrected chi connectivity index (χ3v) is 4.69.